The summed E-state index contributed by atoms with van der Waals surface area (Å²) < 4.78 is 6.38. The van der Waals surface area contributed by atoms with Crippen molar-refractivity contribution in [3.05, 3.63) is 119 Å². The smallest absolute Gasteiger partial charge is 0.326 e. The minimum atomic E-state index is -0.927. The molecule has 1 saturated carbocycles. The number of hydrogen-bond acceptors (Lipinski definition) is 5. The Kier molecular flexibility index (Phi) is 7.89. The zero-order chi connectivity index (χ0) is 30.1. The monoisotopic (exact) mass is 591 g/mol. The van der Waals surface area contributed by atoms with E-state index < -0.39 is 17.9 Å². The summed E-state index contributed by atoms with van der Waals surface area (Å²) in [6, 6.07) is 29.2. The molecule has 3 saturated heterocycles. The number of carbonyl (C=O) groups excluding carboxylic acids is 1. The number of carbonyl (C=O) groups is 2. The summed E-state index contributed by atoms with van der Waals surface area (Å²) in [5, 5.41) is 10.4. The number of carboxylic acids is 1. The van der Waals surface area contributed by atoms with Gasteiger partial charge in [0.25, 0.3) is 0 Å². The van der Waals surface area contributed by atoms with E-state index in [9.17, 15) is 14.7 Å². The van der Waals surface area contributed by atoms with Crippen LogP contribution in [0.2, 0.25) is 0 Å². The van der Waals surface area contributed by atoms with E-state index in [1.807, 2.05) is 60.7 Å². The maximum atomic E-state index is 14.3. The molecule has 0 aromatic heterocycles. The molecule has 1 amide bonds. The Morgan fingerprint density at radius 1 is 0.886 bits per heavy atom. The molecule has 3 aliphatic heterocycles. The van der Waals surface area contributed by atoms with Crippen LogP contribution in [-0.4, -0.2) is 75.5 Å². The Labute approximate surface area is 259 Å². The van der Waals surface area contributed by atoms with Crippen molar-refractivity contribution in [1.29, 1.82) is 0 Å². The molecule has 44 heavy (non-hydrogen) atoms. The molecule has 3 heterocycles. The van der Waals surface area contributed by atoms with Crippen molar-refractivity contribution in [2.75, 3.05) is 26.2 Å². The zero-order valence-corrected chi connectivity index (χ0v) is 25.2. The zero-order valence-electron chi connectivity index (χ0n) is 25.2. The topological polar surface area (TPSA) is 73.3 Å². The molecule has 0 bridgehead atoms. The average molecular weight is 592 g/mol. The van der Waals surface area contributed by atoms with Gasteiger partial charge in [-0.15, -0.1) is 0 Å². The number of aliphatic carboxylic acids is 1. The van der Waals surface area contributed by atoms with Gasteiger partial charge in [0.05, 0.1) is 18.1 Å². The van der Waals surface area contributed by atoms with Crippen molar-refractivity contribution in [2.24, 2.45) is 0 Å². The van der Waals surface area contributed by atoms with Crippen molar-refractivity contribution in [2.45, 2.75) is 68.6 Å². The Bertz CT molecular complexity index is 1470. The third-order valence-electron chi connectivity index (χ3n) is 10.3. The van der Waals surface area contributed by atoms with Gasteiger partial charge in [-0.2, -0.15) is 0 Å². The second-order valence-electron chi connectivity index (χ2n) is 12.9. The van der Waals surface area contributed by atoms with Gasteiger partial charge in [-0.3, -0.25) is 9.69 Å². The summed E-state index contributed by atoms with van der Waals surface area (Å²) >= 11 is 0. The van der Waals surface area contributed by atoms with Crippen LogP contribution in [0.5, 0.6) is 0 Å². The molecule has 4 fully saturated rings. The second-order valence-corrected chi connectivity index (χ2v) is 12.9. The number of nitrogens with zero attached hydrogens (tertiary/aromatic N) is 3. The number of rotatable bonds is 7. The summed E-state index contributed by atoms with van der Waals surface area (Å²) in [6.45, 7) is 3.66. The van der Waals surface area contributed by atoms with Gasteiger partial charge in [0.15, 0.2) is 5.88 Å². The van der Waals surface area contributed by atoms with Crippen LogP contribution in [-0.2, 0) is 20.9 Å². The molecule has 3 aromatic rings. The van der Waals surface area contributed by atoms with Crippen LogP contribution < -0.4 is 0 Å². The fourth-order valence-corrected chi connectivity index (χ4v) is 7.75. The largest absolute Gasteiger partial charge is 0.480 e. The van der Waals surface area contributed by atoms with E-state index in [1.54, 1.807) is 4.90 Å². The predicted molar refractivity (Wildman–Crippen MR) is 169 cm³/mol. The van der Waals surface area contributed by atoms with E-state index in [0.717, 1.165) is 62.3 Å². The average Bonchev–Trinajstić information content (AvgIpc) is 3.66. The number of allylic oxidation sites excluding steroid dienone is 1. The Morgan fingerprint density at radius 2 is 1.52 bits per heavy atom. The molecule has 1 aliphatic carbocycles. The molecule has 0 radical (unpaired) electrons. The molecule has 228 valence electrons. The number of ether oxygens (including phenoxy) is 1. The first-order valence-corrected chi connectivity index (χ1v) is 16.1. The van der Waals surface area contributed by atoms with E-state index >= 15 is 0 Å². The van der Waals surface area contributed by atoms with Crippen molar-refractivity contribution >= 4 is 11.9 Å². The first-order chi connectivity index (χ1) is 21.5. The minimum Gasteiger partial charge on any atom is -0.480 e. The Hall–Kier alpha value is -4.10. The van der Waals surface area contributed by atoms with Gasteiger partial charge in [0.2, 0.25) is 5.91 Å². The molecular formula is C37H41N3O4. The number of likely N-dealkylation sites (tertiary alicyclic amines) is 2. The van der Waals surface area contributed by atoms with Gasteiger partial charge in [-0.1, -0.05) is 91.0 Å². The molecule has 7 nitrogen and oxygen atoms in total. The van der Waals surface area contributed by atoms with Crippen LogP contribution in [0.25, 0.3) is 0 Å². The lowest BCUT2D eigenvalue weighted by Gasteiger charge is -2.49. The summed E-state index contributed by atoms with van der Waals surface area (Å²) in [6.07, 6.45) is 5.80. The number of amides is 1. The maximum Gasteiger partial charge on any atom is 0.326 e. The molecule has 7 rings (SSSR count). The predicted octanol–water partition coefficient (Wildman–Crippen LogP) is 5.64. The van der Waals surface area contributed by atoms with E-state index in [-0.39, 0.29) is 17.5 Å². The Balaban J connectivity index is 1.15. The fourth-order valence-electron chi connectivity index (χ4n) is 7.75. The number of hydrogen-bond donors (Lipinski definition) is 1. The van der Waals surface area contributed by atoms with Crippen molar-refractivity contribution in [3.8, 4) is 0 Å². The quantitative estimate of drug-likeness (QED) is 0.384. The van der Waals surface area contributed by atoms with Crippen molar-refractivity contribution < 1.29 is 19.4 Å². The van der Waals surface area contributed by atoms with Gasteiger partial charge < -0.3 is 19.6 Å². The molecular weight excluding hydrogens is 550 g/mol. The van der Waals surface area contributed by atoms with Gasteiger partial charge in [0, 0.05) is 38.6 Å². The Morgan fingerprint density at radius 3 is 2.11 bits per heavy atom. The highest BCUT2D eigenvalue weighted by molar-refractivity contribution is 5.91. The molecule has 1 spiro atoms. The van der Waals surface area contributed by atoms with E-state index in [4.69, 9.17) is 4.74 Å². The van der Waals surface area contributed by atoms with Crippen LogP contribution in [0.3, 0.4) is 0 Å². The van der Waals surface area contributed by atoms with Crippen LogP contribution >= 0.6 is 0 Å². The van der Waals surface area contributed by atoms with Crippen LogP contribution in [0.15, 0.2) is 102 Å². The summed E-state index contributed by atoms with van der Waals surface area (Å²) in [5.41, 5.74) is 4.39. The van der Waals surface area contributed by atoms with Crippen LogP contribution in [0.1, 0.15) is 61.1 Å². The second kappa shape index (κ2) is 12.1. The highest BCUT2D eigenvalue weighted by Crippen LogP contribution is 2.44. The number of carboxylic acid groups (broad SMARTS) is 1. The van der Waals surface area contributed by atoms with Gasteiger partial charge >= 0.3 is 5.97 Å². The van der Waals surface area contributed by atoms with E-state index in [1.165, 1.54) is 17.6 Å². The maximum absolute atomic E-state index is 14.3. The normalized spacial score (nSPS) is 25.4. The van der Waals surface area contributed by atoms with Crippen molar-refractivity contribution in [1.82, 2.24) is 14.7 Å². The van der Waals surface area contributed by atoms with Crippen molar-refractivity contribution in [3.63, 3.8) is 0 Å². The standard InChI is InChI=1S/C37H41N3O4/c41-34(33(28-13-6-2-7-14-28)29-15-8-3-9-16-29)39-25-31(23-32(39)36(42)43)38-21-19-37(26-38)20-22-44-35(30-17-10-18-30)40(37)24-27-11-4-1-5-12-27/h1-9,11-16,31-33H,10,17-26H2,(H,42,43)/t31-,32-,37?/m0/s1. The molecule has 4 aliphatic rings. The van der Waals surface area contributed by atoms with E-state index in [0.29, 0.717) is 19.6 Å². The van der Waals surface area contributed by atoms with Gasteiger partial charge in [-0.25, -0.2) is 4.79 Å². The van der Waals surface area contributed by atoms with Crippen LogP contribution in [0, 0.1) is 0 Å². The third-order valence-corrected chi connectivity index (χ3v) is 10.3. The highest BCUT2D eigenvalue weighted by Gasteiger charge is 2.52. The van der Waals surface area contributed by atoms with E-state index in [2.05, 4.69) is 40.1 Å². The first-order valence-electron chi connectivity index (χ1n) is 16.1. The van der Waals surface area contributed by atoms with Gasteiger partial charge in [0.1, 0.15) is 6.04 Å². The van der Waals surface area contributed by atoms with Gasteiger partial charge in [-0.05, 0) is 54.4 Å². The third kappa shape index (κ3) is 5.38. The molecule has 1 unspecified atom stereocenters. The molecule has 1 N–H and O–H groups in total. The molecule has 3 atom stereocenters. The summed E-state index contributed by atoms with van der Waals surface area (Å²) in [5.74, 6) is -0.534. The highest BCUT2D eigenvalue weighted by atomic mass is 16.5. The summed E-state index contributed by atoms with van der Waals surface area (Å²) in [7, 11) is 0. The fraction of sp³-hybridized carbons (Fsp3) is 0.405. The lowest BCUT2D eigenvalue weighted by molar-refractivity contribution is -0.148. The SMILES string of the molecule is O=C(O)[C@@H]1C[C@H](N2CCC3(CCOC(=C4CCC4)N3Cc3ccccc3)C2)CN1C(=O)C(c1ccccc1)c1ccccc1. The first kappa shape index (κ1) is 28.7. The lowest BCUT2D eigenvalue weighted by atomic mass is 9.86. The number of benzene rings is 3. The molecule has 3 aromatic carbocycles. The lowest BCUT2D eigenvalue weighted by Crippen LogP contribution is -2.55. The molecule has 7 heteroatoms. The summed E-state index contributed by atoms with van der Waals surface area (Å²) in [4.78, 5) is 33.6. The minimum absolute atomic E-state index is 0.00662. The van der Waals surface area contributed by atoms with Crippen LogP contribution in [0.4, 0.5) is 0 Å².